The fraction of sp³-hybridized carbons (Fsp3) is 0.0909. The van der Waals surface area contributed by atoms with Crippen molar-refractivity contribution in [3.8, 4) is 0 Å². The number of hydrogen-bond acceptors (Lipinski definition) is 4. The van der Waals surface area contributed by atoms with Crippen LogP contribution in [-0.4, -0.2) is 22.8 Å². The number of carbonyl (C=O) groups excluding carboxylic acids is 1. The van der Waals surface area contributed by atoms with Gasteiger partial charge in [-0.25, -0.2) is 0 Å². The largest absolute Gasteiger partial charge is 0.293 e. The van der Waals surface area contributed by atoms with Crippen LogP contribution < -0.4 is 0 Å². The predicted octanol–water partition coefficient (Wildman–Crippen LogP) is 6.08. The Morgan fingerprint density at radius 2 is 1.81 bits per heavy atom. The first-order valence-corrected chi connectivity index (χ1v) is 10.5. The Bertz CT molecular complexity index is 1110. The summed E-state index contributed by atoms with van der Waals surface area (Å²) in [5.74, 6) is 0.563. The third kappa shape index (κ3) is 3.48. The standard InChI is InChI=1S/C22H17NOS2/c1-25-18-8-9-19-20(13-18)23-11-10-22(19)26-14-21(24)17-7-6-15-4-2-3-5-16(15)12-17/h2-13H,14H2,1H3. The Balaban J connectivity index is 1.56. The van der Waals surface area contributed by atoms with Gasteiger partial charge in [-0.3, -0.25) is 9.78 Å². The molecule has 4 aromatic rings. The summed E-state index contributed by atoms with van der Waals surface area (Å²) in [5.41, 5.74) is 1.74. The number of fused-ring (bicyclic) bond motifs is 2. The van der Waals surface area contributed by atoms with Gasteiger partial charge in [-0.2, -0.15) is 0 Å². The van der Waals surface area contributed by atoms with Crippen LogP contribution in [0.1, 0.15) is 10.4 Å². The first kappa shape index (κ1) is 17.1. The number of carbonyl (C=O) groups is 1. The molecule has 0 amide bonds. The van der Waals surface area contributed by atoms with Gasteiger partial charge >= 0.3 is 0 Å². The van der Waals surface area contributed by atoms with E-state index in [0.29, 0.717) is 5.75 Å². The molecule has 2 nitrogen and oxygen atoms in total. The SMILES string of the molecule is CSc1ccc2c(SCC(=O)c3ccc4ccccc4c3)ccnc2c1. The number of aromatic nitrogens is 1. The van der Waals surface area contributed by atoms with Gasteiger partial charge in [0.15, 0.2) is 5.78 Å². The molecule has 3 aromatic carbocycles. The molecule has 0 aliphatic carbocycles. The number of rotatable bonds is 5. The Hall–Kier alpha value is -2.30. The normalized spacial score (nSPS) is 11.1. The van der Waals surface area contributed by atoms with Gasteiger partial charge in [0.25, 0.3) is 0 Å². The van der Waals surface area contributed by atoms with E-state index >= 15 is 0 Å². The third-order valence-corrected chi connectivity index (χ3v) is 6.14. The van der Waals surface area contributed by atoms with Crippen molar-refractivity contribution in [2.45, 2.75) is 9.79 Å². The molecule has 4 rings (SSSR count). The van der Waals surface area contributed by atoms with Gasteiger partial charge in [-0.1, -0.05) is 42.5 Å². The summed E-state index contributed by atoms with van der Waals surface area (Å²) in [6.07, 6.45) is 3.87. The second-order valence-electron chi connectivity index (χ2n) is 5.97. The predicted molar refractivity (Wildman–Crippen MR) is 113 cm³/mol. The van der Waals surface area contributed by atoms with Crippen molar-refractivity contribution in [3.63, 3.8) is 0 Å². The maximum absolute atomic E-state index is 12.7. The number of benzene rings is 3. The average molecular weight is 376 g/mol. The van der Waals surface area contributed by atoms with Gasteiger partial charge in [0.05, 0.1) is 11.3 Å². The Morgan fingerprint density at radius 1 is 0.962 bits per heavy atom. The van der Waals surface area contributed by atoms with Crippen LogP contribution in [0.3, 0.4) is 0 Å². The molecule has 0 radical (unpaired) electrons. The molecule has 26 heavy (non-hydrogen) atoms. The van der Waals surface area contributed by atoms with Crippen LogP contribution in [-0.2, 0) is 0 Å². The number of ketones is 1. The lowest BCUT2D eigenvalue weighted by Gasteiger charge is -2.07. The quantitative estimate of drug-likeness (QED) is 0.312. The third-order valence-electron chi connectivity index (χ3n) is 4.34. The summed E-state index contributed by atoms with van der Waals surface area (Å²) in [6, 6.07) is 22.3. The summed E-state index contributed by atoms with van der Waals surface area (Å²) < 4.78 is 0. The fourth-order valence-electron chi connectivity index (χ4n) is 2.94. The highest BCUT2D eigenvalue weighted by atomic mass is 32.2. The van der Waals surface area contributed by atoms with Crippen LogP contribution in [0.15, 0.2) is 82.7 Å². The van der Waals surface area contributed by atoms with E-state index in [0.717, 1.165) is 32.1 Å². The van der Waals surface area contributed by atoms with Gasteiger partial charge in [0, 0.05) is 26.9 Å². The van der Waals surface area contributed by atoms with E-state index in [2.05, 4.69) is 35.5 Å². The molecule has 0 saturated carbocycles. The lowest BCUT2D eigenvalue weighted by atomic mass is 10.1. The number of Topliss-reactive ketones (excluding diaryl/α,β-unsaturated/α-hetero) is 1. The van der Waals surface area contributed by atoms with Gasteiger partial charge < -0.3 is 0 Å². The van der Waals surface area contributed by atoms with Crippen LogP contribution in [0.25, 0.3) is 21.7 Å². The van der Waals surface area contributed by atoms with Crippen molar-refractivity contribution in [3.05, 3.63) is 78.5 Å². The molecular formula is C22H17NOS2. The molecule has 0 aliphatic heterocycles. The van der Waals surface area contributed by atoms with E-state index < -0.39 is 0 Å². The summed E-state index contributed by atoms with van der Waals surface area (Å²) in [6.45, 7) is 0. The minimum absolute atomic E-state index is 0.145. The molecular weight excluding hydrogens is 358 g/mol. The number of hydrogen-bond donors (Lipinski definition) is 0. The van der Waals surface area contributed by atoms with Gasteiger partial charge in [-0.15, -0.1) is 23.5 Å². The second-order valence-corrected chi connectivity index (χ2v) is 7.86. The zero-order valence-electron chi connectivity index (χ0n) is 14.3. The number of pyridine rings is 1. The Labute approximate surface area is 161 Å². The van der Waals surface area contributed by atoms with Crippen molar-refractivity contribution >= 4 is 51.0 Å². The molecule has 0 aliphatic rings. The van der Waals surface area contributed by atoms with Crippen LogP contribution >= 0.6 is 23.5 Å². The fourth-order valence-corrected chi connectivity index (χ4v) is 4.32. The van der Waals surface area contributed by atoms with Crippen molar-refractivity contribution in [2.75, 3.05) is 12.0 Å². The molecule has 0 bridgehead atoms. The summed E-state index contributed by atoms with van der Waals surface area (Å²) >= 11 is 3.28. The monoisotopic (exact) mass is 375 g/mol. The molecule has 0 spiro atoms. The highest BCUT2D eigenvalue weighted by Gasteiger charge is 2.10. The molecule has 0 saturated heterocycles. The zero-order chi connectivity index (χ0) is 17.9. The zero-order valence-corrected chi connectivity index (χ0v) is 15.9. The van der Waals surface area contributed by atoms with E-state index in [1.165, 1.54) is 4.90 Å². The second kappa shape index (κ2) is 7.52. The summed E-state index contributed by atoms with van der Waals surface area (Å²) in [4.78, 5) is 19.4. The van der Waals surface area contributed by atoms with Gasteiger partial charge in [0.1, 0.15) is 0 Å². The van der Waals surface area contributed by atoms with E-state index in [-0.39, 0.29) is 5.78 Å². The van der Waals surface area contributed by atoms with Crippen molar-refractivity contribution in [2.24, 2.45) is 0 Å². The molecule has 128 valence electrons. The molecule has 0 atom stereocenters. The van der Waals surface area contributed by atoms with Crippen LogP contribution in [0.5, 0.6) is 0 Å². The van der Waals surface area contributed by atoms with Crippen molar-refractivity contribution in [1.82, 2.24) is 4.98 Å². The van der Waals surface area contributed by atoms with Crippen LogP contribution in [0, 0.1) is 0 Å². The first-order chi connectivity index (χ1) is 12.7. The maximum Gasteiger partial charge on any atom is 0.173 e. The van der Waals surface area contributed by atoms with Crippen molar-refractivity contribution < 1.29 is 4.79 Å². The molecule has 1 aromatic heterocycles. The smallest absolute Gasteiger partial charge is 0.173 e. The van der Waals surface area contributed by atoms with E-state index in [1.54, 1.807) is 23.5 Å². The summed E-state index contributed by atoms with van der Waals surface area (Å²) in [5, 5.41) is 3.35. The van der Waals surface area contributed by atoms with Gasteiger partial charge in [-0.05, 0) is 41.3 Å². The van der Waals surface area contributed by atoms with Crippen LogP contribution in [0.4, 0.5) is 0 Å². The highest BCUT2D eigenvalue weighted by molar-refractivity contribution is 8.00. The molecule has 0 unspecified atom stereocenters. The molecule has 4 heteroatoms. The molecule has 1 heterocycles. The highest BCUT2D eigenvalue weighted by Crippen LogP contribution is 2.30. The van der Waals surface area contributed by atoms with Gasteiger partial charge in [0.2, 0.25) is 0 Å². The molecule has 0 N–H and O–H groups in total. The Morgan fingerprint density at radius 3 is 2.65 bits per heavy atom. The number of nitrogens with zero attached hydrogens (tertiary/aromatic N) is 1. The minimum Gasteiger partial charge on any atom is -0.293 e. The average Bonchev–Trinajstić information content (AvgIpc) is 2.71. The Kier molecular flexibility index (Phi) is 4.96. The summed E-state index contributed by atoms with van der Waals surface area (Å²) in [7, 11) is 0. The maximum atomic E-state index is 12.7. The minimum atomic E-state index is 0.145. The van der Waals surface area contributed by atoms with E-state index in [4.69, 9.17) is 0 Å². The van der Waals surface area contributed by atoms with Crippen LogP contribution in [0.2, 0.25) is 0 Å². The lowest BCUT2D eigenvalue weighted by Crippen LogP contribution is -2.02. The van der Waals surface area contributed by atoms with E-state index in [9.17, 15) is 4.79 Å². The van der Waals surface area contributed by atoms with E-state index in [1.807, 2.05) is 48.7 Å². The topological polar surface area (TPSA) is 30.0 Å². The number of thioether (sulfide) groups is 2. The lowest BCUT2D eigenvalue weighted by molar-refractivity contribution is 0.102. The van der Waals surface area contributed by atoms with Crippen molar-refractivity contribution in [1.29, 1.82) is 0 Å². The first-order valence-electron chi connectivity index (χ1n) is 8.32. The molecule has 0 fully saturated rings.